The van der Waals surface area contributed by atoms with Crippen molar-refractivity contribution in [1.82, 2.24) is 0 Å². The second kappa shape index (κ2) is 5.92. The first-order chi connectivity index (χ1) is 8.97. The average Bonchev–Trinajstić information content (AvgIpc) is 2.32. The van der Waals surface area contributed by atoms with E-state index in [9.17, 15) is 4.39 Å². The molecule has 0 heterocycles. The number of nitrogen functional groups attached to an aromatic ring is 1. The number of rotatable bonds is 3. The van der Waals surface area contributed by atoms with Gasteiger partial charge in [-0.15, -0.1) is 0 Å². The molecule has 2 rings (SSSR count). The molecule has 0 amide bonds. The molecule has 0 fully saturated rings. The highest BCUT2D eigenvalue weighted by Crippen LogP contribution is 2.31. The summed E-state index contributed by atoms with van der Waals surface area (Å²) in [6.07, 6.45) is 0. The normalized spacial score (nSPS) is 10.5. The maximum absolute atomic E-state index is 13.2. The van der Waals surface area contributed by atoms with E-state index in [-0.39, 0.29) is 12.4 Å². The van der Waals surface area contributed by atoms with Crippen LogP contribution in [0.2, 0.25) is 0 Å². The van der Waals surface area contributed by atoms with Crippen LogP contribution in [-0.2, 0) is 6.61 Å². The molecule has 0 saturated heterocycles. The molecule has 19 heavy (non-hydrogen) atoms. The molecule has 0 aliphatic heterocycles. The zero-order valence-electron chi connectivity index (χ0n) is 10.2. The molecule has 0 radical (unpaired) electrons. The molecule has 0 atom stereocenters. The van der Waals surface area contributed by atoms with Crippen LogP contribution in [0.1, 0.15) is 11.1 Å². The number of aryl methyl sites for hydroxylation is 1. The van der Waals surface area contributed by atoms with Crippen molar-refractivity contribution < 1.29 is 9.13 Å². The van der Waals surface area contributed by atoms with Crippen LogP contribution in [0.5, 0.6) is 5.75 Å². The topological polar surface area (TPSA) is 35.2 Å². The van der Waals surface area contributed by atoms with Gasteiger partial charge in [0.2, 0.25) is 0 Å². The first kappa shape index (κ1) is 14.3. The van der Waals surface area contributed by atoms with Gasteiger partial charge in [0.1, 0.15) is 18.2 Å². The fourth-order valence-electron chi connectivity index (χ4n) is 1.76. The van der Waals surface area contributed by atoms with Crippen molar-refractivity contribution in [1.29, 1.82) is 0 Å². The van der Waals surface area contributed by atoms with Gasteiger partial charge in [-0.25, -0.2) is 4.39 Å². The first-order valence-electron chi connectivity index (χ1n) is 5.59. The van der Waals surface area contributed by atoms with Gasteiger partial charge >= 0.3 is 0 Å². The Kier molecular flexibility index (Phi) is 4.47. The van der Waals surface area contributed by atoms with Gasteiger partial charge < -0.3 is 10.5 Å². The van der Waals surface area contributed by atoms with Crippen molar-refractivity contribution in [2.24, 2.45) is 0 Å². The molecule has 0 spiro atoms. The molecule has 0 aromatic heterocycles. The van der Waals surface area contributed by atoms with Gasteiger partial charge in [-0.2, -0.15) is 0 Å². The minimum atomic E-state index is -0.290. The summed E-state index contributed by atoms with van der Waals surface area (Å²) in [4.78, 5) is 0. The second-order valence-electron chi connectivity index (χ2n) is 4.17. The molecule has 100 valence electrons. The molecule has 0 aliphatic carbocycles. The van der Waals surface area contributed by atoms with Crippen molar-refractivity contribution in [2.75, 3.05) is 5.73 Å². The third-order valence-electron chi connectivity index (χ3n) is 2.65. The van der Waals surface area contributed by atoms with Crippen LogP contribution >= 0.6 is 31.9 Å². The summed E-state index contributed by atoms with van der Waals surface area (Å²) < 4.78 is 20.6. The van der Waals surface area contributed by atoms with E-state index in [1.165, 1.54) is 12.1 Å². The lowest BCUT2D eigenvalue weighted by molar-refractivity contribution is 0.304. The summed E-state index contributed by atoms with van der Waals surface area (Å²) >= 11 is 6.74. The van der Waals surface area contributed by atoms with Crippen molar-refractivity contribution in [2.45, 2.75) is 13.5 Å². The van der Waals surface area contributed by atoms with E-state index in [0.29, 0.717) is 11.4 Å². The van der Waals surface area contributed by atoms with Gasteiger partial charge in [0.25, 0.3) is 0 Å². The van der Waals surface area contributed by atoms with Crippen LogP contribution in [0.3, 0.4) is 0 Å². The number of ether oxygens (including phenoxy) is 1. The molecule has 0 bridgehead atoms. The van der Waals surface area contributed by atoms with Crippen molar-refractivity contribution >= 4 is 37.5 Å². The smallest absolute Gasteiger partial charge is 0.145 e. The van der Waals surface area contributed by atoms with Crippen LogP contribution in [0, 0.1) is 12.7 Å². The minimum Gasteiger partial charge on any atom is -0.486 e. The zero-order valence-corrected chi connectivity index (χ0v) is 13.4. The third-order valence-corrected chi connectivity index (χ3v) is 3.88. The number of anilines is 1. The van der Waals surface area contributed by atoms with Crippen LogP contribution < -0.4 is 10.5 Å². The Bertz CT molecular complexity index is 593. The molecule has 2 nitrogen and oxygen atoms in total. The summed E-state index contributed by atoms with van der Waals surface area (Å²) in [7, 11) is 0. The maximum Gasteiger partial charge on any atom is 0.145 e. The number of hydrogen-bond donors (Lipinski definition) is 1. The van der Waals surface area contributed by atoms with Crippen molar-refractivity contribution in [3.63, 3.8) is 0 Å². The number of nitrogens with two attached hydrogens (primary N) is 1. The van der Waals surface area contributed by atoms with Gasteiger partial charge in [-0.05, 0) is 42.8 Å². The Morgan fingerprint density at radius 2 is 1.95 bits per heavy atom. The summed E-state index contributed by atoms with van der Waals surface area (Å²) in [6.45, 7) is 2.17. The van der Waals surface area contributed by atoms with Gasteiger partial charge in [0.15, 0.2) is 0 Å². The lowest BCUT2D eigenvalue weighted by Crippen LogP contribution is -2.02. The van der Waals surface area contributed by atoms with Crippen LogP contribution in [-0.4, -0.2) is 0 Å². The van der Waals surface area contributed by atoms with E-state index in [2.05, 4.69) is 31.9 Å². The summed E-state index contributed by atoms with van der Waals surface area (Å²) in [5.74, 6) is 0.335. The number of benzene rings is 2. The molecule has 0 aliphatic rings. The SMILES string of the molecule is Cc1cc(Br)cc(N)c1OCc1cc(F)ccc1Br. The van der Waals surface area contributed by atoms with E-state index < -0.39 is 0 Å². The Hall–Kier alpha value is -1.07. The largest absolute Gasteiger partial charge is 0.486 e. The summed E-state index contributed by atoms with van der Waals surface area (Å²) in [5.41, 5.74) is 8.14. The molecule has 2 aromatic rings. The van der Waals surface area contributed by atoms with E-state index in [1.807, 2.05) is 13.0 Å². The van der Waals surface area contributed by atoms with E-state index in [4.69, 9.17) is 10.5 Å². The van der Waals surface area contributed by atoms with Crippen molar-refractivity contribution in [3.05, 3.63) is 56.2 Å². The number of hydrogen-bond acceptors (Lipinski definition) is 2. The standard InChI is InChI=1S/C14H12Br2FNO/c1-8-4-10(15)6-13(18)14(8)19-7-9-5-11(17)2-3-12(9)16/h2-6H,7,18H2,1H3. The number of halogens is 3. The van der Waals surface area contributed by atoms with Gasteiger partial charge in [0, 0.05) is 14.5 Å². The van der Waals surface area contributed by atoms with Gasteiger partial charge in [-0.1, -0.05) is 31.9 Å². The van der Waals surface area contributed by atoms with Gasteiger partial charge in [0.05, 0.1) is 5.69 Å². The monoisotopic (exact) mass is 387 g/mol. The highest BCUT2D eigenvalue weighted by molar-refractivity contribution is 9.10. The minimum absolute atomic E-state index is 0.255. The van der Waals surface area contributed by atoms with E-state index in [0.717, 1.165) is 20.1 Å². The predicted molar refractivity (Wildman–Crippen MR) is 81.7 cm³/mol. The highest BCUT2D eigenvalue weighted by atomic mass is 79.9. The van der Waals surface area contributed by atoms with Crippen LogP contribution in [0.15, 0.2) is 39.3 Å². The predicted octanol–water partition coefficient (Wildman–Crippen LogP) is 4.82. The molecule has 0 saturated carbocycles. The Morgan fingerprint density at radius 1 is 1.21 bits per heavy atom. The first-order valence-corrected chi connectivity index (χ1v) is 7.18. The maximum atomic E-state index is 13.2. The molecule has 2 N–H and O–H groups in total. The molecular formula is C14H12Br2FNO. The lowest BCUT2D eigenvalue weighted by Gasteiger charge is -2.13. The molecular weight excluding hydrogens is 377 g/mol. The Balaban J connectivity index is 2.21. The van der Waals surface area contributed by atoms with E-state index >= 15 is 0 Å². The fourth-order valence-corrected chi connectivity index (χ4v) is 2.71. The fraction of sp³-hybridized carbons (Fsp3) is 0.143. The van der Waals surface area contributed by atoms with Crippen molar-refractivity contribution in [3.8, 4) is 5.75 Å². The molecule has 0 unspecified atom stereocenters. The summed E-state index contributed by atoms with van der Waals surface area (Å²) in [6, 6.07) is 8.20. The van der Waals surface area contributed by atoms with E-state index in [1.54, 1.807) is 12.1 Å². The average molecular weight is 389 g/mol. The third kappa shape index (κ3) is 3.48. The summed E-state index contributed by atoms with van der Waals surface area (Å²) in [5, 5.41) is 0. The zero-order chi connectivity index (χ0) is 14.0. The Labute approximate surface area is 128 Å². The highest BCUT2D eigenvalue weighted by Gasteiger charge is 2.08. The second-order valence-corrected chi connectivity index (χ2v) is 5.94. The molecule has 5 heteroatoms. The quantitative estimate of drug-likeness (QED) is 0.765. The van der Waals surface area contributed by atoms with Gasteiger partial charge in [-0.3, -0.25) is 0 Å². The lowest BCUT2D eigenvalue weighted by atomic mass is 10.2. The molecule has 2 aromatic carbocycles. The van der Waals surface area contributed by atoms with Crippen LogP contribution in [0.25, 0.3) is 0 Å². The van der Waals surface area contributed by atoms with Crippen LogP contribution in [0.4, 0.5) is 10.1 Å². The Morgan fingerprint density at radius 3 is 2.63 bits per heavy atom.